The number of fused-ring (bicyclic) bond motifs is 1. The van der Waals surface area contributed by atoms with Crippen LogP contribution in [0.4, 0.5) is 0 Å². The lowest BCUT2D eigenvalue weighted by atomic mass is 10.1. The molecule has 2 aliphatic heterocycles. The number of nitrogens with one attached hydrogen (secondary N) is 1. The number of aliphatic hydroxyl groups excluding tert-OH is 1. The molecule has 2 aliphatic rings. The highest BCUT2D eigenvalue weighted by molar-refractivity contribution is 5.98. The molecule has 0 saturated carbocycles. The van der Waals surface area contributed by atoms with Gasteiger partial charge < -0.3 is 5.11 Å². The predicted molar refractivity (Wildman–Crippen MR) is 46.9 cm³/mol. The van der Waals surface area contributed by atoms with Gasteiger partial charge in [0, 0.05) is 6.54 Å². The van der Waals surface area contributed by atoms with Gasteiger partial charge >= 0.3 is 0 Å². The number of aliphatic imine (C=N–C) groups is 1. The average molecular weight is 167 g/mol. The number of rotatable bonds is 0. The molecule has 0 atom stereocenters. The molecule has 12 heavy (non-hydrogen) atoms. The third-order valence-corrected chi connectivity index (χ3v) is 2.02. The van der Waals surface area contributed by atoms with Crippen molar-refractivity contribution in [3.63, 3.8) is 0 Å². The Morgan fingerprint density at radius 1 is 1.67 bits per heavy atom. The quantitative estimate of drug-likeness (QED) is 0.550. The zero-order valence-electron chi connectivity index (χ0n) is 7.33. The summed E-state index contributed by atoms with van der Waals surface area (Å²) in [6.07, 6.45) is 1.73. The molecule has 2 N–H and O–H groups in total. The Hall–Kier alpha value is -1.03. The molecule has 4 nitrogen and oxygen atoms in total. The Balaban J connectivity index is 2.33. The minimum Gasteiger partial charge on any atom is -0.504 e. The van der Waals surface area contributed by atoms with E-state index >= 15 is 0 Å². The van der Waals surface area contributed by atoms with Crippen molar-refractivity contribution >= 4 is 5.84 Å². The van der Waals surface area contributed by atoms with E-state index in [0.29, 0.717) is 18.1 Å². The van der Waals surface area contributed by atoms with E-state index in [4.69, 9.17) is 0 Å². The zero-order valence-corrected chi connectivity index (χ0v) is 7.33. The van der Waals surface area contributed by atoms with Crippen molar-refractivity contribution in [2.24, 2.45) is 4.99 Å². The molecule has 0 bridgehead atoms. The number of nitrogens with zero attached hydrogens (tertiary/aromatic N) is 2. The van der Waals surface area contributed by atoms with E-state index in [0.717, 1.165) is 6.54 Å². The van der Waals surface area contributed by atoms with Crippen molar-refractivity contribution in [2.75, 3.05) is 13.1 Å². The van der Waals surface area contributed by atoms with E-state index in [2.05, 4.69) is 10.4 Å². The van der Waals surface area contributed by atoms with Crippen molar-refractivity contribution in [3.8, 4) is 0 Å². The molecule has 0 aromatic carbocycles. The summed E-state index contributed by atoms with van der Waals surface area (Å²) >= 11 is 0. The third kappa shape index (κ3) is 1.08. The van der Waals surface area contributed by atoms with E-state index in [1.807, 2.05) is 18.9 Å². The van der Waals surface area contributed by atoms with Crippen LogP contribution < -0.4 is 5.43 Å². The molecule has 0 aromatic rings. The van der Waals surface area contributed by atoms with Crippen molar-refractivity contribution < 1.29 is 5.11 Å². The summed E-state index contributed by atoms with van der Waals surface area (Å²) in [5.74, 6) is 0.963. The highest BCUT2D eigenvalue weighted by atomic mass is 16.3. The molecule has 4 heteroatoms. The maximum Gasteiger partial charge on any atom is 0.181 e. The summed E-state index contributed by atoms with van der Waals surface area (Å²) in [4.78, 5) is 4.39. The van der Waals surface area contributed by atoms with Gasteiger partial charge in [0.25, 0.3) is 0 Å². The highest BCUT2D eigenvalue weighted by Gasteiger charge is 2.34. The molecule has 0 aromatic heterocycles. The van der Waals surface area contributed by atoms with Gasteiger partial charge in [-0.25, -0.2) is 5.43 Å². The standard InChI is InChI=1S/C8H13N3O/c1-8(2)5-11-7(10-8)6(12)3-4-9-11/h3,9,12H,4-5H2,1-2H3. The molecule has 0 amide bonds. The first kappa shape index (κ1) is 7.61. The van der Waals surface area contributed by atoms with Crippen LogP contribution in [-0.2, 0) is 0 Å². The highest BCUT2D eigenvalue weighted by Crippen LogP contribution is 2.22. The second-order valence-corrected chi connectivity index (χ2v) is 3.79. The molecule has 2 heterocycles. The third-order valence-electron chi connectivity index (χ3n) is 2.02. The summed E-state index contributed by atoms with van der Waals surface area (Å²) in [6, 6.07) is 0. The molecule has 0 fully saturated rings. The Kier molecular flexibility index (Phi) is 1.41. The zero-order chi connectivity index (χ0) is 8.77. The average Bonchev–Trinajstić information content (AvgIpc) is 2.25. The summed E-state index contributed by atoms with van der Waals surface area (Å²) in [5.41, 5.74) is 3.04. The number of aliphatic hydroxyl groups is 1. The van der Waals surface area contributed by atoms with Crippen LogP contribution in [-0.4, -0.2) is 34.6 Å². The van der Waals surface area contributed by atoms with Gasteiger partial charge in [0.05, 0.1) is 12.1 Å². The minimum atomic E-state index is -0.0888. The van der Waals surface area contributed by atoms with Gasteiger partial charge in [0.15, 0.2) is 11.6 Å². The van der Waals surface area contributed by atoms with E-state index in [9.17, 15) is 5.11 Å². The van der Waals surface area contributed by atoms with Crippen LogP contribution in [0.15, 0.2) is 16.8 Å². The van der Waals surface area contributed by atoms with E-state index < -0.39 is 0 Å². The van der Waals surface area contributed by atoms with Crippen LogP contribution in [0.3, 0.4) is 0 Å². The number of amidine groups is 1. The second kappa shape index (κ2) is 2.23. The van der Waals surface area contributed by atoms with Crippen LogP contribution >= 0.6 is 0 Å². The normalized spacial score (nSPS) is 26.3. The van der Waals surface area contributed by atoms with Crippen molar-refractivity contribution in [2.45, 2.75) is 19.4 Å². The van der Waals surface area contributed by atoms with Crippen LogP contribution in [0, 0.1) is 0 Å². The first-order chi connectivity index (χ1) is 5.58. The maximum atomic E-state index is 9.46. The topological polar surface area (TPSA) is 47.9 Å². The number of hydrogen-bond donors (Lipinski definition) is 2. The lowest BCUT2D eigenvalue weighted by Gasteiger charge is -2.25. The van der Waals surface area contributed by atoms with Gasteiger partial charge in [0.2, 0.25) is 0 Å². The molecule has 2 rings (SSSR count). The van der Waals surface area contributed by atoms with Gasteiger partial charge in [-0.05, 0) is 19.9 Å². The minimum absolute atomic E-state index is 0.0888. The largest absolute Gasteiger partial charge is 0.504 e. The van der Waals surface area contributed by atoms with Gasteiger partial charge in [-0.15, -0.1) is 0 Å². The Morgan fingerprint density at radius 2 is 2.42 bits per heavy atom. The fraction of sp³-hybridized carbons (Fsp3) is 0.625. The van der Waals surface area contributed by atoms with Gasteiger partial charge in [-0.1, -0.05) is 0 Å². The number of hydrogen-bond acceptors (Lipinski definition) is 4. The number of hydrazine groups is 1. The van der Waals surface area contributed by atoms with Crippen LogP contribution in [0.2, 0.25) is 0 Å². The Morgan fingerprint density at radius 3 is 3.08 bits per heavy atom. The molecular formula is C8H13N3O. The van der Waals surface area contributed by atoms with Crippen molar-refractivity contribution in [3.05, 3.63) is 11.8 Å². The molecular weight excluding hydrogens is 154 g/mol. The van der Waals surface area contributed by atoms with E-state index in [-0.39, 0.29) is 5.54 Å². The molecule has 0 aliphatic carbocycles. The Bertz CT molecular complexity index is 267. The lowest BCUT2D eigenvalue weighted by molar-refractivity contribution is 0.281. The van der Waals surface area contributed by atoms with Crippen LogP contribution in [0.5, 0.6) is 0 Å². The Labute approximate surface area is 71.6 Å². The van der Waals surface area contributed by atoms with Crippen LogP contribution in [0.1, 0.15) is 13.8 Å². The predicted octanol–water partition coefficient (Wildman–Crippen LogP) is 0.439. The van der Waals surface area contributed by atoms with Crippen molar-refractivity contribution in [1.29, 1.82) is 0 Å². The lowest BCUT2D eigenvalue weighted by Crippen LogP contribution is -2.46. The second-order valence-electron chi connectivity index (χ2n) is 3.79. The van der Waals surface area contributed by atoms with Gasteiger partial charge in [-0.2, -0.15) is 0 Å². The molecule has 0 radical (unpaired) electrons. The van der Waals surface area contributed by atoms with E-state index in [1.54, 1.807) is 6.08 Å². The van der Waals surface area contributed by atoms with Gasteiger partial charge in [-0.3, -0.25) is 10.0 Å². The monoisotopic (exact) mass is 167 g/mol. The van der Waals surface area contributed by atoms with Crippen molar-refractivity contribution in [1.82, 2.24) is 10.4 Å². The first-order valence-electron chi connectivity index (χ1n) is 4.09. The smallest absolute Gasteiger partial charge is 0.181 e. The molecule has 0 spiro atoms. The SMILES string of the molecule is CC1(C)CN2NCC=C(O)C2=N1. The molecule has 0 saturated heterocycles. The maximum absolute atomic E-state index is 9.46. The fourth-order valence-corrected chi connectivity index (χ4v) is 1.51. The fourth-order valence-electron chi connectivity index (χ4n) is 1.51. The molecule has 66 valence electrons. The summed E-state index contributed by atoms with van der Waals surface area (Å²) in [7, 11) is 0. The van der Waals surface area contributed by atoms with Crippen LogP contribution in [0.25, 0.3) is 0 Å². The molecule has 0 unspecified atom stereocenters. The first-order valence-corrected chi connectivity index (χ1v) is 4.09. The van der Waals surface area contributed by atoms with E-state index in [1.165, 1.54) is 0 Å². The summed E-state index contributed by atoms with van der Waals surface area (Å²) in [5, 5.41) is 11.4. The summed E-state index contributed by atoms with van der Waals surface area (Å²) < 4.78 is 0. The van der Waals surface area contributed by atoms with Gasteiger partial charge in [0.1, 0.15) is 0 Å². The summed E-state index contributed by atoms with van der Waals surface area (Å²) in [6.45, 7) is 5.60.